The fourth-order valence-electron chi connectivity index (χ4n) is 3.95. The highest BCUT2D eigenvalue weighted by Gasteiger charge is 2.26. The summed E-state index contributed by atoms with van der Waals surface area (Å²) in [5.41, 5.74) is 3.17. The summed E-state index contributed by atoms with van der Waals surface area (Å²) in [6.45, 7) is 1.27. The number of carbonyl (C=O) groups excluding carboxylic acids is 2. The number of urea groups is 1. The Kier molecular flexibility index (Phi) is 5.20. The number of H-pyrrole nitrogens is 1. The summed E-state index contributed by atoms with van der Waals surface area (Å²) < 4.78 is 13.7. The zero-order valence-electron chi connectivity index (χ0n) is 16.2. The topological polar surface area (TPSA) is 77.2 Å². The Morgan fingerprint density at radius 2 is 1.93 bits per heavy atom. The number of piperidine rings is 1. The maximum Gasteiger partial charge on any atom is 0.318 e. The predicted octanol–water partition coefficient (Wildman–Crippen LogP) is 4.08. The number of carbonyl (C=O) groups is 2. The van der Waals surface area contributed by atoms with Crippen molar-refractivity contribution in [3.63, 3.8) is 0 Å². The van der Waals surface area contributed by atoms with Gasteiger partial charge >= 0.3 is 6.03 Å². The van der Waals surface area contributed by atoms with Gasteiger partial charge in [0.1, 0.15) is 5.82 Å². The molecular formula is C22H23FN4O2. The zero-order valence-corrected chi connectivity index (χ0v) is 16.2. The van der Waals surface area contributed by atoms with E-state index in [1.165, 1.54) is 13.1 Å². The fraction of sp³-hybridized carbons (Fsp3) is 0.273. The molecule has 1 aliphatic heterocycles. The van der Waals surface area contributed by atoms with Crippen molar-refractivity contribution >= 4 is 28.5 Å². The molecule has 0 radical (unpaired) electrons. The van der Waals surface area contributed by atoms with Crippen molar-refractivity contribution in [1.29, 1.82) is 0 Å². The van der Waals surface area contributed by atoms with Crippen molar-refractivity contribution in [3.8, 4) is 0 Å². The van der Waals surface area contributed by atoms with Gasteiger partial charge in [-0.3, -0.25) is 4.79 Å². The van der Waals surface area contributed by atoms with Gasteiger partial charge < -0.3 is 20.5 Å². The highest BCUT2D eigenvalue weighted by Crippen LogP contribution is 2.34. The van der Waals surface area contributed by atoms with E-state index >= 15 is 0 Å². The van der Waals surface area contributed by atoms with Crippen LogP contribution in [0.4, 0.5) is 14.9 Å². The molecule has 7 heteroatoms. The van der Waals surface area contributed by atoms with Crippen LogP contribution in [0.25, 0.3) is 10.9 Å². The lowest BCUT2D eigenvalue weighted by Gasteiger charge is -2.32. The van der Waals surface area contributed by atoms with Crippen LogP contribution < -0.4 is 10.6 Å². The van der Waals surface area contributed by atoms with Gasteiger partial charge in [0.05, 0.1) is 0 Å². The molecule has 3 N–H and O–H groups in total. The molecule has 1 fully saturated rings. The Balaban J connectivity index is 1.44. The monoisotopic (exact) mass is 394 g/mol. The number of hydrogen-bond donors (Lipinski definition) is 3. The number of aromatic nitrogens is 1. The molecule has 6 nitrogen and oxygen atoms in total. The highest BCUT2D eigenvalue weighted by molar-refractivity contribution is 5.97. The van der Waals surface area contributed by atoms with Gasteiger partial charge in [-0.2, -0.15) is 0 Å². The fourth-order valence-corrected chi connectivity index (χ4v) is 3.95. The van der Waals surface area contributed by atoms with Crippen LogP contribution in [0.15, 0.2) is 48.7 Å². The lowest BCUT2D eigenvalue weighted by Crippen LogP contribution is -2.38. The summed E-state index contributed by atoms with van der Waals surface area (Å²) in [7, 11) is 1.54. The molecule has 1 saturated heterocycles. The first kappa shape index (κ1) is 19.0. The first-order chi connectivity index (χ1) is 14.0. The number of anilines is 1. The number of nitrogens with zero attached hydrogens (tertiary/aromatic N) is 1. The second-order valence-electron chi connectivity index (χ2n) is 7.29. The van der Waals surface area contributed by atoms with E-state index in [2.05, 4.69) is 15.6 Å². The van der Waals surface area contributed by atoms with E-state index in [4.69, 9.17) is 0 Å². The number of nitrogens with one attached hydrogen (secondary N) is 3. The molecule has 150 valence electrons. The summed E-state index contributed by atoms with van der Waals surface area (Å²) >= 11 is 0. The Morgan fingerprint density at radius 3 is 2.69 bits per heavy atom. The van der Waals surface area contributed by atoms with Crippen molar-refractivity contribution in [1.82, 2.24) is 15.2 Å². The number of likely N-dealkylation sites (tertiary alicyclic amines) is 1. The van der Waals surface area contributed by atoms with Gasteiger partial charge in [0.2, 0.25) is 0 Å². The Morgan fingerprint density at radius 1 is 1.14 bits per heavy atom. The summed E-state index contributed by atoms with van der Waals surface area (Å²) in [5, 5.41) is 6.09. The van der Waals surface area contributed by atoms with Crippen LogP contribution >= 0.6 is 0 Å². The van der Waals surface area contributed by atoms with E-state index in [-0.39, 0.29) is 23.7 Å². The van der Waals surface area contributed by atoms with E-state index in [0.717, 1.165) is 29.3 Å². The average molecular weight is 394 g/mol. The standard InChI is InChI=1S/C22H23FN4O2/c1-24-22(29)26-17-4-2-3-15(11-17)21(28)27-9-7-14(8-10-27)19-13-25-20-6-5-16(23)12-18(19)20/h2-6,11-14,25H,7-10H2,1H3,(H2,24,26,29). The van der Waals surface area contributed by atoms with E-state index < -0.39 is 0 Å². The molecule has 4 rings (SSSR count). The molecule has 0 atom stereocenters. The van der Waals surface area contributed by atoms with Crippen LogP contribution in [0.2, 0.25) is 0 Å². The van der Waals surface area contributed by atoms with Crippen molar-refractivity contribution in [2.75, 3.05) is 25.5 Å². The van der Waals surface area contributed by atoms with Gasteiger partial charge in [-0.15, -0.1) is 0 Å². The second-order valence-corrected chi connectivity index (χ2v) is 7.29. The summed E-state index contributed by atoms with van der Waals surface area (Å²) in [6, 6.07) is 11.4. The molecular weight excluding hydrogens is 371 g/mol. The normalized spacial score (nSPS) is 14.8. The van der Waals surface area contributed by atoms with Gasteiger partial charge in [0.25, 0.3) is 5.91 Å². The lowest BCUT2D eigenvalue weighted by molar-refractivity contribution is 0.0713. The van der Waals surface area contributed by atoms with Gasteiger partial charge in [-0.25, -0.2) is 9.18 Å². The van der Waals surface area contributed by atoms with E-state index in [1.807, 2.05) is 11.1 Å². The van der Waals surface area contributed by atoms with Crippen LogP contribution in [-0.2, 0) is 0 Å². The number of fused-ring (bicyclic) bond motifs is 1. The summed E-state index contributed by atoms with van der Waals surface area (Å²) in [5.74, 6) is 0.000962. The molecule has 3 aromatic rings. The largest absolute Gasteiger partial charge is 0.361 e. The number of aromatic amines is 1. The Bertz CT molecular complexity index is 1050. The third kappa shape index (κ3) is 3.94. The number of hydrogen-bond acceptors (Lipinski definition) is 2. The molecule has 29 heavy (non-hydrogen) atoms. The molecule has 1 aromatic heterocycles. The van der Waals surface area contributed by atoms with Gasteiger partial charge in [0, 0.05) is 48.5 Å². The van der Waals surface area contributed by atoms with Crippen LogP contribution in [0, 0.1) is 5.82 Å². The van der Waals surface area contributed by atoms with Crippen LogP contribution in [0.3, 0.4) is 0 Å². The number of amides is 3. The number of rotatable bonds is 3. The maximum absolute atomic E-state index is 13.7. The number of benzene rings is 2. The lowest BCUT2D eigenvalue weighted by atomic mass is 9.89. The Labute approximate surface area is 168 Å². The minimum Gasteiger partial charge on any atom is -0.361 e. The predicted molar refractivity (Wildman–Crippen MR) is 111 cm³/mol. The van der Waals surface area contributed by atoms with Gasteiger partial charge in [-0.05, 0) is 60.7 Å². The van der Waals surface area contributed by atoms with Crippen molar-refractivity contribution in [3.05, 3.63) is 65.6 Å². The maximum atomic E-state index is 13.7. The molecule has 2 aromatic carbocycles. The quantitative estimate of drug-likeness (QED) is 0.626. The smallest absolute Gasteiger partial charge is 0.318 e. The summed E-state index contributed by atoms with van der Waals surface area (Å²) in [4.78, 5) is 29.4. The average Bonchev–Trinajstić information content (AvgIpc) is 3.16. The Hall–Kier alpha value is -3.35. The molecule has 0 saturated carbocycles. The van der Waals surface area contributed by atoms with Crippen molar-refractivity contribution in [2.24, 2.45) is 0 Å². The third-order valence-corrected chi connectivity index (χ3v) is 5.49. The molecule has 2 heterocycles. The minimum absolute atomic E-state index is 0.0472. The number of halogens is 1. The SMILES string of the molecule is CNC(=O)Nc1cccc(C(=O)N2CCC(c3c[nH]c4ccc(F)cc34)CC2)c1. The van der Waals surface area contributed by atoms with E-state index in [9.17, 15) is 14.0 Å². The highest BCUT2D eigenvalue weighted by atomic mass is 19.1. The molecule has 3 amide bonds. The first-order valence-electron chi connectivity index (χ1n) is 9.70. The van der Waals surface area contributed by atoms with Gasteiger partial charge in [-0.1, -0.05) is 6.07 Å². The van der Waals surface area contributed by atoms with Gasteiger partial charge in [0.15, 0.2) is 0 Å². The van der Waals surface area contributed by atoms with Crippen LogP contribution in [0.5, 0.6) is 0 Å². The van der Waals surface area contributed by atoms with Crippen LogP contribution in [0.1, 0.15) is 34.7 Å². The molecule has 1 aliphatic rings. The van der Waals surface area contributed by atoms with E-state index in [1.54, 1.807) is 36.4 Å². The minimum atomic E-state index is -0.328. The third-order valence-electron chi connectivity index (χ3n) is 5.49. The zero-order chi connectivity index (χ0) is 20.4. The summed E-state index contributed by atoms with van der Waals surface area (Å²) in [6.07, 6.45) is 3.61. The van der Waals surface area contributed by atoms with Crippen LogP contribution in [-0.4, -0.2) is 42.0 Å². The second kappa shape index (κ2) is 7.95. The van der Waals surface area contributed by atoms with Crippen molar-refractivity contribution in [2.45, 2.75) is 18.8 Å². The van der Waals surface area contributed by atoms with E-state index in [0.29, 0.717) is 24.3 Å². The molecule has 0 spiro atoms. The van der Waals surface area contributed by atoms with Crippen molar-refractivity contribution < 1.29 is 14.0 Å². The first-order valence-corrected chi connectivity index (χ1v) is 9.70. The molecule has 0 bridgehead atoms. The molecule has 0 unspecified atom stereocenters. The molecule has 0 aliphatic carbocycles.